The van der Waals surface area contributed by atoms with Gasteiger partial charge in [-0.25, -0.2) is 8.42 Å². The Morgan fingerprint density at radius 2 is 1.79 bits per heavy atom. The van der Waals surface area contributed by atoms with Crippen LogP contribution in [0.3, 0.4) is 0 Å². The summed E-state index contributed by atoms with van der Waals surface area (Å²) in [5.41, 5.74) is 0.938. The molecule has 1 aliphatic rings. The Hall–Kier alpha value is -1.18. The first-order chi connectivity index (χ1) is 13.6. The number of hydrogen-bond donors (Lipinski definition) is 0. The van der Waals surface area contributed by atoms with E-state index < -0.39 is 18.1 Å². The third-order valence-corrected chi connectivity index (χ3v) is 9.59. The van der Waals surface area contributed by atoms with Gasteiger partial charge in [0.05, 0.1) is 12.2 Å². The second-order valence-corrected chi connectivity index (χ2v) is 16.9. The molecular formula is C22H37NO4SSi. The molecule has 164 valence electrons. The lowest BCUT2D eigenvalue weighted by atomic mass is 10.1. The number of carbonyl (C=O) groups is 1. The molecule has 1 saturated heterocycles. The molecule has 2 rings (SSSR count). The topological polar surface area (TPSA) is 63.7 Å². The Morgan fingerprint density at radius 1 is 1.14 bits per heavy atom. The number of hydrogen-bond acceptors (Lipinski definition) is 4. The third kappa shape index (κ3) is 7.87. The Kier molecular flexibility index (Phi) is 8.91. The SMILES string of the molecule is CCCC[C@H]1CC[C@H](CC(=O)OCc2ccccc2)N1S(=O)(=O)CC[Si](C)(C)C. The minimum absolute atomic E-state index is 0.0218. The Morgan fingerprint density at radius 3 is 2.41 bits per heavy atom. The molecule has 2 atom stereocenters. The van der Waals surface area contributed by atoms with E-state index in [4.69, 9.17) is 4.74 Å². The molecule has 0 spiro atoms. The van der Waals surface area contributed by atoms with E-state index in [1.54, 1.807) is 4.31 Å². The highest BCUT2D eigenvalue weighted by atomic mass is 32.2. The van der Waals surface area contributed by atoms with E-state index >= 15 is 0 Å². The highest BCUT2D eigenvalue weighted by Crippen LogP contribution is 2.33. The average molecular weight is 440 g/mol. The number of sulfonamides is 1. The maximum absolute atomic E-state index is 13.2. The van der Waals surface area contributed by atoms with Crippen molar-refractivity contribution in [2.45, 2.75) is 89.8 Å². The molecule has 0 unspecified atom stereocenters. The highest BCUT2D eigenvalue weighted by Gasteiger charge is 2.42. The zero-order chi connectivity index (χ0) is 21.5. The summed E-state index contributed by atoms with van der Waals surface area (Å²) >= 11 is 0. The van der Waals surface area contributed by atoms with E-state index in [9.17, 15) is 13.2 Å². The van der Waals surface area contributed by atoms with Gasteiger partial charge in [0.2, 0.25) is 10.0 Å². The average Bonchev–Trinajstić information content (AvgIpc) is 3.07. The van der Waals surface area contributed by atoms with Gasteiger partial charge in [-0.15, -0.1) is 0 Å². The second kappa shape index (κ2) is 10.7. The monoisotopic (exact) mass is 439 g/mol. The Bertz CT molecular complexity index is 746. The fourth-order valence-electron chi connectivity index (χ4n) is 3.82. The van der Waals surface area contributed by atoms with Crippen molar-refractivity contribution in [2.24, 2.45) is 0 Å². The van der Waals surface area contributed by atoms with Crippen molar-refractivity contribution in [3.8, 4) is 0 Å². The number of rotatable bonds is 11. The number of benzene rings is 1. The van der Waals surface area contributed by atoms with Gasteiger partial charge in [-0.05, 0) is 30.9 Å². The lowest BCUT2D eigenvalue weighted by Gasteiger charge is -2.30. The molecule has 0 N–H and O–H groups in total. The largest absolute Gasteiger partial charge is 0.461 e. The molecule has 29 heavy (non-hydrogen) atoms. The minimum Gasteiger partial charge on any atom is -0.461 e. The molecule has 0 bridgehead atoms. The van der Waals surface area contributed by atoms with Crippen LogP contribution in [0.5, 0.6) is 0 Å². The van der Waals surface area contributed by atoms with Crippen molar-refractivity contribution in [2.75, 3.05) is 5.75 Å². The molecule has 0 radical (unpaired) electrons. The first-order valence-corrected chi connectivity index (χ1v) is 16.1. The molecular weight excluding hydrogens is 402 g/mol. The van der Waals surface area contributed by atoms with Crippen LogP contribution >= 0.6 is 0 Å². The predicted octanol–water partition coefficient (Wildman–Crippen LogP) is 4.81. The summed E-state index contributed by atoms with van der Waals surface area (Å²) in [6.07, 6.45) is 4.64. The van der Waals surface area contributed by atoms with Crippen LogP contribution in [0, 0.1) is 0 Å². The van der Waals surface area contributed by atoms with Gasteiger partial charge in [-0.3, -0.25) is 4.79 Å². The summed E-state index contributed by atoms with van der Waals surface area (Å²) < 4.78 is 33.6. The summed E-state index contributed by atoms with van der Waals surface area (Å²) in [4.78, 5) is 12.4. The lowest BCUT2D eigenvalue weighted by molar-refractivity contribution is -0.145. The minimum atomic E-state index is -3.37. The molecule has 1 aromatic rings. The molecule has 0 aliphatic carbocycles. The molecule has 1 fully saturated rings. The Labute approximate surface area is 177 Å². The number of nitrogens with zero attached hydrogens (tertiary/aromatic N) is 1. The number of unbranched alkanes of at least 4 members (excludes halogenated alkanes) is 1. The predicted molar refractivity (Wildman–Crippen MR) is 121 cm³/mol. The van der Waals surface area contributed by atoms with Crippen LogP contribution < -0.4 is 0 Å². The van der Waals surface area contributed by atoms with Gasteiger partial charge in [0.25, 0.3) is 0 Å². The van der Waals surface area contributed by atoms with E-state index in [2.05, 4.69) is 26.6 Å². The highest BCUT2D eigenvalue weighted by molar-refractivity contribution is 7.89. The normalized spacial score (nSPS) is 20.7. The molecule has 0 aromatic heterocycles. The van der Waals surface area contributed by atoms with Crippen molar-refractivity contribution >= 4 is 24.1 Å². The van der Waals surface area contributed by atoms with E-state index in [-0.39, 0.29) is 36.8 Å². The molecule has 1 heterocycles. The maximum atomic E-state index is 13.2. The van der Waals surface area contributed by atoms with Gasteiger partial charge in [-0.2, -0.15) is 4.31 Å². The van der Waals surface area contributed by atoms with Crippen LogP contribution in [0.2, 0.25) is 25.7 Å². The standard InChI is InChI=1S/C22H37NO4SSi/c1-5-6-12-20-13-14-21(23(20)28(25,26)15-16-29(2,3)4)17-22(24)27-18-19-10-8-7-9-11-19/h7-11,20-21H,5-6,12-18H2,1-4H3/t20-,21+/m0/s1. The summed E-state index contributed by atoms with van der Waals surface area (Å²) in [5, 5.41) is 0. The number of carbonyl (C=O) groups excluding carboxylic acids is 1. The first-order valence-electron chi connectivity index (χ1n) is 10.8. The second-order valence-electron chi connectivity index (χ2n) is 9.33. The molecule has 7 heteroatoms. The lowest BCUT2D eigenvalue weighted by Crippen LogP contribution is -2.44. The first kappa shape index (κ1) is 24.1. The number of ether oxygens (including phenoxy) is 1. The van der Waals surface area contributed by atoms with E-state index in [0.717, 1.165) is 43.7 Å². The zero-order valence-corrected chi connectivity index (χ0v) is 20.2. The van der Waals surface area contributed by atoms with Gasteiger partial charge in [0.1, 0.15) is 6.61 Å². The summed E-state index contributed by atoms with van der Waals surface area (Å²) in [6, 6.07) is 10.1. The Balaban J connectivity index is 2.04. The van der Waals surface area contributed by atoms with Gasteiger partial charge >= 0.3 is 5.97 Å². The van der Waals surface area contributed by atoms with Crippen LogP contribution in [0.4, 0.5) is 0 Å². The fraction of sp³-hybridized carbons (Fsp3) is 0.682. The van der Waals surface area contributed by atoms with Crippen LogP contribution in [0.25, 0.3) is 0 Å². The van der Waals surface area contributed by atoms with Crippen LogP contribution in [0.1, 0.15) is 51.0 Å². The van der Waals surface area contributed by atoms with E-state index in [1.165, 1.54) is 0 Å². The molecule has 0 amide bonds. The fourth-order valence-corrected chi connectivity index (χ4v) is 8.82. The summed E-state index contributed by atoms with van der Waals surface area (Å²) in [5.74, 6) is -0.124. The van der Waals surface area contributed by atoms with Crippen molar-refractivity contribution in [3.05, 3.63) is 35.9 Å². The summed E-state index contributed by atoms with van der Waals surface area (Å²) in [7, 11) is -4.84. The van der Waals surface area contributed by atoms with Crippen molar-refractivity contribution in [1.29, 1.82) is 0 Å². The van der Waals surface area contributed by atoms with Crippen molar-refractivity contribution in [3.63, 3.8) is 0 Å². The number of esters is 1. The smallest absolute Gasteiger partial charge is 0.307 e. The maximum Gasteiger partial charge on any atom is 0.307 e. The zero-order valence-electron chi connectivity index (χ0n) is 18.4. The molecule has 1 aliphatic heterocycles. The van der Waals surface area contributed by atoms with Gasteiger partial charge in [0, 0.05) is 20.2 Å². The molecule has 5 nitrogen and oxygen atoms in total. The quantitative estimate of drug-likeness (QED) is 0.367. The van der Waals surface area contributed by atoms with Crippen LogP contribution in [-0.4, -0.2) is 44.6 Å². The van der Waals surface area contributed by atoms with E-state index in [0.29, 0.717) is 0 Å². The van der Waals surface area contributed by atoms with Gasteiger partial charge in [-0.1, -0.05) is 69.7 Å². The van der Waals surface area contributed by atoms with Gasteiger partial charge in [0.15, 0.2) is 0 Å². The molecule has 0 saturated carbocycles. The third-order valence-electron chi connectivity index (χ3n) is 5.52. The van der Waals surface area contributed by atoms with Crippen molar-refractivity contribution < 1.29 is 17.9 Å². The summed E-state index contributed by atoms with van der Waals surface area (Å²) in [6.45, 7) is 8.93. The van der Waals surface area contributed by atoms with Crippen molar-refractivity contribution in [1.82, 2.24) is 4.31 Å². The van der Waals surface area contributed by atoms with Crippen LogP contribution in [-0.2, 0) is 26.2 Å². The van der Waals surface area contributed by atoms with Gasteiger partial charge < -0.3 is 4.74 Å². The van der Waals surface area contributed by atoms with Crippen LogP contribution in [0.15, 0.2) is 30.3 Å². The van der Waals surface area contributed by atoms with E-state index in [1.807, 2.05) is 30.3 Å². The molecule has 1 aromatic carbocycles.